The smallest absolute Gasteiger partial charge is 0.362 e. The van der Waals surface area contributed by atoms with Crippen LogP contribution in [0.25, 0.3) is 0 Å². The number of carbonyl (C=O) groups excluding carboxylic acids is 1. The zero-order valence-corrected chi connectivity index (χ0v) is 14.3. The Hall–Kier alpha value is -3.27. The summed E-state index contributed by atoms with van der Waals surface area (Å²) in [6, 6.07) is 12.7. The first-order valence-electron chi connectivity index (χ1n) is 8.10. The number of nitro groups is 1. The Kier molecular flexibility index (Phi) is 4.90. The summed E-state index contributed by atoms with van der Waals surface area (Å²) in [5, 5.41) is 24.7. The fraction of sp³-hybridized carbons (Fsp3) is 0.222. The van der Waals surface area contributed by atoms with Crippen LogP contribution < -0.4 is 0 Å². The number of halogens is 3. The Balaban J connectivity index is 1.90. The predicted molar refractivity (Wildman–Crippen MR) is 92.2 cm³/mol. The van der Waals surface area contributed by atoms with Gasteiger partial charge >= 0.3 is 6.18 Å². The monoisotopic (exact) mass is 393 g/mol. The molecule has 0 fully saturated rings. The van der Waals surface area contributed by atoms with Crippen molar-refractivity contribution in [1.29, 1.82) is 0 Å². The van der Waals surface area contributed by atoms with Crippen LogP contribution in [0.3, 0.4) is 0 Å². The van der Waals surface area contributed by atoms with Crippen molar-refractivity contribution in [3.63, 3.8) is 0 Å². The summed E-state index contributed by atoms with van der Waals surface area (Å²) in [7, 11) is 0. The average molecular weight is 393 g/mol. The summed E-state index contributed by atoms with van der Waals surface area (Å²) in [5.74, 6) is -1.08. The van der Waals surface area contributed by atoms with Gasteiger partial charge in [0.15, 0.2) is 0 Å². The van der Waals surface area contributed by atoms with E-state index in [1.54, 1.807) is 18.2 Å². The van der Waals surface area contributed by atoms with E-state index >= 15 is 0 Å². The second-order valence-electron chi connectivity index (χ2n) is 6.21. The molecule has 1 aliphatic heterocycles. The lowest BCUT2D eigenvalue weighted by molar-refractivity contribution is -0.384. The first-order chi connectivity index (χ1) is 13.1. The van der Waals surface area contributed by atoms with Gasteiger partial charge in [-0.05, 0) is 11.1 Å². The van der Waals surface area contributed by atoms with E-state index in [1.807, 2.05) is 0 Å². The van der Waals surface area contributed by atoms with Crippen molar-refractivity contribution in [3.8, 4) is 0 Å². The molecule has 0 saturated heterocycles. The van der Waals surface area contributed by atoms with Crippen LogP contribution in [0, 0.1) is 10.1 Å². The molecule has 10 heteroatoms. The summed E-state index contributed by atoms with van der Waals surface area (Å²) >= 11 is 0. The van der Waals surface area contributed by atoms with Crippen LogP contribution in [0.5, 0.6) is 0 Å². The summed E-state index contributed by atoms with van der Waals surface area (Å²) in [4.78, 5) is 22.5. The molecule has 1 atom stereocenters. The van der Waals surface area contributed by atoms with Crippen LogP contribution in [0.2, 0.25) is 0 Å². The van der Waals surface area contributed by atoms with Gasteiger partial charge in [-0.2, -0.15) is 23.3 Å². The summed E-state index contributed by atoms with van der Waals surface area (Å²) < 4.78 is 40.6. The van der Waals surface area contributed by atoms with Gasteiger partial charge in [0.1, 0.15) is 0 Å². The molecule has 1 N–H and O–H groups in total. The van der Waals surface area contributed by atoms with Gasteiger partial charge < -0.3 is 5.11 Å². The SMILES string of the molecule is O=C(Cc1ccc([N+](=O)[O-])cc1)N1N=C(c2ccccc2)C[C@@]1(O)C(F)(F)F. The van der Waals surface area contributed by atoms with E-state index in [4.69, 9.17) is 0 Å². The Morgan fingerprint density at radius 1 is 1.18 bits per heavy atom. The number of non-ortho nitro benzene ring substituents is 1. The summed E-state index contributed by atoms with van der Waals surface area (Å²) in [5.41, 5.74) is -3.14. The molecule has 0 spiro atoms. The number of benzene rings is 2. The first kappa shape index (κ1) is 19.5. The molecule has 0 radical (unpaired) electrons. The highest BCUT2D eigenvalue weighted by Crippen LogP contribution is 2.41. The molecule has 28 heavy (non-hydrogen) atoms. The number of rotatable bonds is 4. The lowest BCUT2D eigenvalue weighted by Crippen LogP contribution is -2.57. The normalized spacial score (nSPS) is 19.4. The number of hydrazone groups is 1. The molecule has 1 amide bonds. The molecular formula is C18H14F3N3O4. The third kappa shape index (κ3) is 3.58. The number of amides is 1. The Morgan fingerprint density at radius 2 is 1.79 bits per heavy atom. The Morgan fingerprint density at radius 3 is 2.32 bits per heavy atom. The Bertz CT molecular complexity index is 929. The average Bonchev–Trinajstić information content (AvgIpc) is 3.02. The Labute approximate surface area is 156 Å². The molecule has 0 aromatic heterocycles. The third-order valence-corrected chi connectivity index (χ3v) is 4.28. The third-order valence-electron chi connectivity index (χ3n) is 4.28. The highest BCUT2D eigenvalue weighted by molar-refractivity contribution is 6.03. The van der Waals surface area contributed by atoms with Gasteiger partial charge in [0.25, 0.3) is 11.4 Å². The molecular weight excluding hydrogens is 379 g/mol. The van der Waals surface area contributed by atoms with Gasteiger partial charge in [-0.1, -0.05) is 42.5 Å². The maximum atomic E-state index is 13.5. The lowest BCUT2D eigenvalue weighted by atomic mass is 10.0. The number of hydrogen-bond acceptors (Lipinski definition) is 5. The zero-order chi connectivity index (χ0) is 20.5. The van der Waals surface area contributed by atoms with Crippen LogP contribution in [-0.2, 0) is 11.2 Å². The highest BCUT2D eigenvalue weighted by atomic mass is 19.4. The van der Waals surface area contributed by atoms with Gasteiger partial charge in [0, 0.05) is 12.1 Å². The summed E-state index contributed by atoms with van der Waals surface area (Å²) in [6.45, 7) is 0. The van der Waals surface area contributed by atoms with Crippen molar-refractivity contribution in [3.05, 3.63) is 75.8 Å². The van der Waals surface area contributed by atoms with Crippen molar-refractivity contribution < 1.29 is 28.0 Å². The number of hydrogen-bond donors (Lipinski definition) is 1. The first-order valence-corrected chi connectivity index (χ1v) is 8.10. The highest BCUT2D eigenvalue weighted by Gasteiger charge is 2.63. The van der Waals surface area contributed by atoms with E-state index in [0.717, 1.165) is 12.1 Å². The maximum absolute atomic E-state index is 13.5. The van der Waals surface area contributed by atoms with E-state index < -0.39 is 35.6 Å². The molecule has 7 nitrogen and oxygen atoms in total. The van der Waals surface area contributed by atoms with E-state index in [0.29, 0.717) is 5.56 Å². The molecule has 0 bridgehead atoms. The summed E-state index contributed by atoms with van der Waals surface area (Å²) in [6.07, 6.45) is -6.54. The van der Waals surface area contributed by atoms with Gasteiger partial charge in [-0.25, -0.2) is 0 Å². The maximum Gasteiger partial charge on any atom is 0.438 e. The second kappa shape index (κ2) is 7.04. The van der Waals surface area contributed by atoms with Gasteiger partial charge in [-0.15, -0.1) is 0 Å². The molecule has 3 rings (SSSR count). The zero-order valence-electron chi connectivity index (χ0n) is 14.3. The molecule has 1 heterocycles. The van der Waals surface area contributed by atoms with Gasteiger partial charge in [0.05, 0.1) is 23.5 Å². The number of nitro benzene ring substituents is 1. The number of aliphatic hydroxyl groups is 1. The molecule has 0 unspecified atom stereocenters. The quantitative estimate of drug-likeness (QED) is 0.638. The van der Waals surface area contributed by atoms with Crippen molar-refractivity contribution in [2.45, 2.75) is 24.7 Å². The minimum Gasteiger partial charge on any atom is -0.362 e. The number of alkyl halides is 3. The minimum absolute atomic E-state index is 0.0523. The topological polar surface area (TPSA) is 96.0 Å². The lowest BCUT2D eigenvalue weighted by Gasteiger charge is -2.32. The van der Waals surface area contributed by atoms with Crippen LogP contribution in [-0.4, -0.2) is 38.6 Å². The van der Waals surface area contributed by atoms with Crippen LogP contribution in [0.4, 0.5) is 18.9 Å². The molecule has 0 saturated carbocycles. The van der Waals surface area contributed by atoms with Gasteiger partial charge in [-0.3, -0.25) is 14.9 Å². The molecule has 0 aliphatic carbocycles. The number of carbonyl (C=O) groups is 1. The van der Waals surface area contributed by atoms with E-state index in [9.17, 15) is 33.2 Å². The predicted octanol–water partition coefficient (Wildman–Crippen LogP) is 3.02. The van der Waals surface area contributed by atoms with Crippen molar-refractivity contribution in [2.75, 3.05) is 0 Å². The molecule has 2 aromatic carbocycles. The van der Waals surface area contributed by atoms with Gasteiger partial charge in [0.2, 0.25) is 5.91 Å². The van der Waals surface area contributed by atoms with E-state index in [2.05, 4.69) is 5.10 Å². The fourth-order valence-electron chi connectivity index (χ4n) is 2.80. The minimum atomic E-state index is -5.13. The molecule has 146 valence electrons. The van der Waals surface area contributed by atoms with Crippen LogP contribution >= 0.6 is 0 Å². The molecule has 2 aromatic rings. The van der Waals surface area contributed by atoms with Crippen LogP contribution in [0.1, 0.15) is 17.5 Å². The van der Waals surface area contributed by atoms with E-state index in [-0.39, 0.29) is 22.0 Å². The van der Waals surface area contributed by atoms with Crippen molar-refractivity contribution in [1.82, 2.24) is 5.01 Å². The second-order valence-corrected chi connectivity index (χ2v) is 6.21. The molecule has 1 aliphatic rings. The largest absolute Gasteiger partial charge is 0.438 e. The van der Waals surface area contributed by atoms with Crippen molar-refractivity contribution >= 4 is 17.3 Å². The number of nitrogens with zero attached hydrogens (tertiary/aromatic N) is 3. The fourth-order valence-corrected chi connectivity index (χ4v) is 2.80. The standard InChI is InChI=1S/C18H14F3N3O4/c19-18(20,21)17(26)11-15(13-4-2-1-3-5-13)22-23(17)16(25)10-12-6-8-14(9-7-12)24(27)28/h1-9,26H,10-11H2/t17-/m1/s1. The van der Waals surface area contributed by atoms with E-state index in [1.165, 1.54) is 24.3 Å². The van der Waals surface area contributed by atoms with Crippen LogP contribution in [0.15, 0.2) is 59.7 Å². The van der Waals surface area contributed by atoms with Crippen molar-refractivity contribution in [2.24, 2.45) is 5.10 Å².